The second-order valence-electron chi connectivity index (χ2n) is 6.93. The second kappa shape index (κ2) is 10.8. The fraction of sp³-hybridized carbons (Fsp3) is 0.938. The van der Waals surface area contributed by atoms with Crippen molar-refractivity contribution in [3.63, 3.8) is 0 Å². The molecule has 0 saturated carbocycles. The second-order valence-corrected chi connectivity index (χ2v) is 9.79. The summed E-state index contributed by atoms with van der Waals surface area (Å²) in [5, 5.41) is 3.27. The first-order valence-electron chi connectivity index (χ1n) is 8.54. The highest BCUT2D eigenvalue weighted by Crippen LogP contribution is 2.18. The summed E-state index contributed by atoms with van der Waals surface area (Å²) >= 11 is 0. The summed E-state index contributed by atoms with van der Waals surface area (Å²) < 4.78 is 29.1. The van der Waals surface area contributed by atoms with Gasteiger partial charge in [-0.2, -0.15) is 0 Å². The van der Waals surface area contributed by atoms with Crippen LogP contribution in [0.25, 0.3) is 0 Å². The Bertz CT molecular complexity index is 489. The molecule has 0 aliphatic carbocycles. The van der Waals surface area contributed by atoms with Gasteiger partial charge in [0.15, 0.2) is 15.8 Å². The zero-order valence-corrected chi connectivity index (χ0v) is 18.8. The van der Waals surface area contributed by atoms with Crippen LogP contribution in [0.2, 0.25) is 0 Å². The molecular formula is C16H34IN3O3S. The first-order chi connectivity index (χ1) is 10.7. The van der Waals surface area contributed by atoms with E-state index in [-0.39, 0.29) is 29.7 Å². The van der Waals surface area contributed by atoms with Crippen molar-refractivity contribution in [2.24, 2.45) is 10.9 Å². The van der Waals surface area contributed by atoms with Crippen molar-refractivity contribution in [1.82, 2.24) is 10.2 Å². The van der Waals surface area contributed by atoms with Crippen LogP contribution in [0.4, 0.5) is 0 Å². The Balaban J connectivity index is 0.00000529. The molecule has 1 rings (SSSR count). The first kappa shape index (κ1) is 23.9. The minimum absolute atomic E-state index is 0. The number of ether oxygens (including phenoxy) is 1. The van der Waals surface area contributed by atoms with Gasteiger partial charge in [-0.05, 0) is 41.0 Å². The summed E-state index contributed by atoms with van der Waals surface area (Å²) in [6, 6.07) is 0. The third kappa shape index (κ3) is 7.43. The molecule has 0 radical (unpaired) electrons. The average molecular weight is 475 g/mol. The van der Waals surface area contributed by atoms with Crippen LogP contribution in [-0.4, -0.2) is 69.2 Å². The Kier molecular flexibility index (Phi) is 10.8. The van der Waals surface area contributed by atoms with Gasteiger partial charge in [-0.15, -0.1) is 24.0 Å². The van der Waals surface area contributed by atoms with Crippen molar-refractivity contribution in [1.29, 1.82) is 0 Å². The molecule has 0 aromatic rings. The van der Waals surface area contributed by atoms with Crippen molar-refractivity contribution < 1.29 is 13.2 Å². The molecule has 1 aliphatic rings. The number of hydrogen-bond donors (Lipinski definition) is 1. The number of nitrogens with zero attached hydrogens (tertiary/aromatic N) is 2. The Morgan fingerprint density at radius 2 is 2.00 bits per heavy atom. The number of halogens is 1. The van der Waals surface area contributed by atoms with Crippen LogP contribution < -0.4 is 5.32 Å². The lowest BCUT2D eigenvalue weighted by Gasteiger charge is -2.22. The number of rotatable bonds is 7. The molecule has 1 unspecified atom stereocenters. The predicted molar refractivity (Wildman–Crippen MR) is 111 cm³/mol. The maximum Gasteiger partial charge on any atom is 0.193 e. The normalized spacial score (nSPS) is 19.3. The summed E-state index contributed by atoms with van der Waals surface area (Å²) in [6.45, 7) is 13.7. The monoisotopic (exact) mass is 475 g/mol. The highest BCUT2D eigenvalue weighted by atomic mass is 127. The molecule has 1 fully saturated rings. The maximum atomic E-state index is 12.2. The summed E-state index contributed by atoms with van der Waals surface area (Å²) in [6.07, 6.45) is 1.09. The molecule has 1 atom stereocenters. The predicted octanol–water partition coefficient (Wildman–Crippen LogP) is 2.14. The van der Waals surface area contributed by atoms with E-state index in [9.17, 15) is 8.42 Å². The molecule has 1 saturated heterocycles. The molecule has 24 heavy (non-hydrogen) atoms. The van der Waals surface area contributed by atoms with E-state index >= 15 is 0 Å². The van der Waals surface area contributed by atoms with Crippen molar-refractivity contribution in [3.05, 3.63) is 0 Å². The largest absolute Gasteiger partial charge is 0.381 e. The van der Waals surface area contributed by atoms with Crippen LogP contribution in [0, 0.1) is 5.92 Å². The summed E-state index contributed by atoms with van der Waals surface area (Å²) in [7, 11) is -3.13. The van der Waals surface area contributed by atoms with Gasteiger partial charge in [0, 0.05) is 32.2 Å². The summed E-state index contributed by atoms with van der Waals surface area (Å²) in [5.41, 5.74) is 0. The van der Waals surface area contributed by atoms with Crippen molar-refractivity contribution in [2.45, 2.75) is 45.8 Å². The summed E-state index contributed by atoms with van der Waals surface area (Å²) in [5.74, 6) is 1.43. The zero-order chi connectivity index (χ0) is 17.5. The molecule has 144 valence electrons. The molecule has 0 aromatic heterocycles. The number of sulfone groups is 1. The van der Waals surface area contributed by atoms with Gasteiger partial charge in [0.05, 0.1) is 23.7 Å². The van der Waals surface area contributed by atoms with Crippen LogP contribution in [-0.2, 0) is 14.6 Å². The molecule has 0 aromatic carbocycles. The lowest BCUT2D eigenvalue weighted by Crippen LogP contribution is -2.41. The lowest BCUT2D eigenvalue weighted by atomic mass is 10.1. The average Bonchev–Trinajstić information content (AvgIpc) is 2.91. The molecule has 8 heteroatoms. The van der Waals surface area contributed by atoms with Gasteiger partial charge < -0.3 is 15.0 Å². The van der Waals surface area contributed by atoms with E-state index in [0.29, 0.717) is 12.5 Å². The lowest BCUT2D eigenvalue weighted by molar-refractivity contribution is 0.114. The fourth-order valence-electron chi connectivity index (χ4n) is 2.45. The number of guanidine groups is 1. The van der Waals surface area contributed by atoms with E-state index in [4.69, 9.17) is 4.74 Å². The van der Waals surface area contributed by atoms with Crippen LogP contribution in [0.3, 0.4) is 0 Å². The molecule has 0 bridgehead atoms. The molecule has 1 heterocycles. The van der Waals surface area contributed by atoms with E-state index in [1.165, 1.54) is 0 Å². The molecular weight excluding hydrogens is 441 g/mol. The van der Waals surface area contributed by atoms with Gasteiger partial charge in [-0.1, -0.05) is 0 Å². The van der Waals surface area contributed by atoms with Crippen LogP contribution in [0.15, 0.2) is 4.99 Å². The van der Waals surface area contributed by atoms with Crippen LogP contribution in [0.5, 0.6) is 0 Å². The third-order valence-electron chi connectivity index (χ3n) is 4.03. The van der Waals surface area contributed by atoms with Crippen molar-refractivity contribution >= 4 is 39.8 Å². The van der Waals surface area contributed by atoms with Gasteiger partial charge in [0.2, 0.25) is 0 Å². The van der Waals surface area contributed by atoms with E-state index in [1.807, 2.05) is 13.8 Å². The van der Waals surface area contributed by atoms with Gasteiger partial charge in [-0.3, -0.25) is 4.99 Å². The molecule has 6 nitrogen and oxygen atoms in total. The Labute approximate surface area is 164 Å². The topological polar surface area (TPSA) is 71.0 Å². The molecule has 1 aliphatic heterocycles. The SMILES string of the molecule is CCNC(=NCCS(=O)(=O)C(C)(C)C)N1CCC(COCC)C1.I. The number of aliphatic imine (C=N–C) groups is 1. The number of likely N-dealkylation sites (tertiary alicyclic amines) is 1. The van der Waals surface area contributed by atoms with Gasteiger partial charge in [0.1, 0.15) is 0 Å². The van der Waals surface area contributed by atoms with E-state index in [1.54, 1.807) is 20.8 Å². The molecule has 0 spiro atoms. The zero-order valence-electron chi connectivity index (χ0n) is 15.7. The van der Waals surface area contributed by atoms with Crippen LogP contribution in [0.1, 0.15) is 41.0 Å². The minimum atomic E-state index is -3.13. The van der Waals surface area contributed by atoms with Gasteiger partial charge in [-0.25, -0.2) is 8.42 Å². The van der Waals surface area contributed by atoms with E-state index in [0.717, 1.165) is 45.2 Å². The third-order valence-corrected chi connectivity index (χ3v) is 6.62. The van der Waals surface area contributed by atoms with E-state index in [2.05, 4.69) is 15.2 Å². The highest BCUT2D eigenvalue weighted by molar-refractivity contribution is 14.0. The van der Waals surface area contributed by atoms with Crippen LogP contribution >= 0.6 is 24.0 Å². The van der Waals surface area contributed by atoms with Crippen molar-refractivity contribution in [2.75, 3.05) is 45.1 Å². The number of nitrogens with one attached hydrogen (secondary N) is 1. The van der Waals surface area contributed by atoms with Crippen molar-refractivity contribution in [3.8, 4) is 0 Å². The Hall–Kier alpha value is -0.0900. The smallest absolute Gasteiger partial charge is 0.193 e. The fourth-order valence-corrected chi connectivity index (χ4v) is 3.39. The van der Waals surface area contributed by atoms with E-state index < -0.39 is 14.6 Å². The first-order valence-corrected chi connectivity index (χ1v) is 10.2. The molecule has 1 N–H and O–H groups in total. The van der Waals surface area contributed by atoms with Gasteiger partial charge >= 0.3 is 0 Å². The van der Waals surface area contributed by atoms with Gasteiger partial charge in [0.25, 0.3) is 0 Å². The standard InChI is InChI=1S/C16H33N3O3S.HI/c1-6-17-15(18-9-11-23(20,21)16(3,4)5)19-10-8-14(12-19)13-22-7-2;/h14H,6-13H2,1-5H3,(H,17,18);1H. The minimum Gasteiger partial charge on any atom is -0.381 e. The Morgan fingerprint density at radius 1 is 1.33 bits per heavy atom. The number of hydrogen-bond acceptors (Lipinski definition) is 4. The maximum absolute atomic E-state index is 12.2. The summed E-state index contributed by atoms with van der Waals surface area (Å²) in [4.78, 5) is 6.73. The highest BCUT2D eigenvalue weighted by Gasteiger charge is 2.29. The molecule has 0 amide bonds. The quantitative estimate of drug-likeness (QED) is 0.347. The Morgan fingerprint density at radius 3 is 2.54 bits per heavy atom.